The number of benzene rings is 1. The largest absolute Gasteiger partial charge is 0.369 e. The summed E-state index contributed by atoms with van der Waals surface area (Å²) in [5, 5.41) is 0.655. The second-order valence-corrected chi connectivity index (χ2v) is 4.49. The molecule has 7 heteroatoms. The summed E-state index contributed by atoms with van der Waals surface area (Å²) in [6.45, 7) is 0.478. The summed E-state index contributed by atoms with van der Waals surface area (Å²) in [4.78, 5) is 22.2. The van der Waals surface area contributed by atoms with Gasteiger partial charge in [-0.15, -0.1) is 0 Å². The lowest BCUT2D eigenvalue weighted by atomic mass is 10.2. The number of anilines is 1. The number of halogens is 1. The average molecular weight is 276 g/mol. The number of nitrogens with two attached hydrogens (primary N) is 1. The first-order valence-corrected chi connectivity index (χ1v) is 5.97. The third-order valence-corrected chi connectivity index (χ3v) is 3.16. The minimum absolute atomic E-state index is 0.0680. The molecule has 0 aliphatic carbocycles. The number of hydrogen-bond donors (Lipinski definition) is 2. The molecule has 6 nitrogen and oxygen atoms in total. The zero-order valence-electron chi connectivity index (χ0n) is 9.80. The highest BCUT2D eigenvalue weighted by Crippen LogP contribution is 2.17. The van der Waals surface area contributed by atoms with Gasteiger partial charge in [0.1, 0.15) is 0 Å². The van der Waals surface area contributed by atoms with E-state index in [-0.39, 0.29) is 17.0 Å². The molecule has 0 aliphatic heterocycles. The maximum absolute atomic E-state index is 11.7. The summed E-state index contributed by atoms with van der Waals surface area (Å²) in [5.74, 6) is 0.0680. The molecule has 2 heterocycles. The van der Waals surface area contributed by atoms with Crippen molar-refractivity contribution >= 4 is 28.7 Å². The molecule has 3 aromatic rings. The van der Waals surface area contributed by atoms with Crippen molar-refractivity contribution in [2.45, 2.75) is 6.54 Å². The highest BCUT2D eigenvalue weighted by Gasteiger charge is 2.10. The van der Waals surface area contributed by atoms with Crippen LogP contribution < -0.4 is 11.3 Å². The zero-order valence-corrected chi connectivity index (χ0v) is 10.6. The van der Waals surface area contributed by atoms with Crippen molar-refractivity contribution < 1.29 is 0 Å². The molecule has 0 saturated heterocycles. The second kappa shape index (κ2) is 4.40. The Morgan fingerprint density at radius 1 is 1.37 bits per heavy atom. The van der Waals surface area contributed by atoms with E-state index >= 15 is 0 Å². The molecule has 0 spiro atoms. The predicted octanol–water partition coefficient (Wildman–Crippen LogP) is 1.40. The molecule has 1 aromatic carbocycles. The first kappa shape index (κ1) is 11.7. The predicted molar refractivity (Wildman–Crippen MR) is 73.1 cm³/mol. The van der Waals surface area contributed by atoms with E-state index in [9.17, 15) is 4.79 Å². The second-order valence-electron chi connectivity index (χ2n) is 4.09. The van der Waals surface area contributed by atoms with Crippen molar-refractivity contribution in [3.63, 3.8) is 0 Å². The molecule has 3 N–H and O–H groups in total. The highest BCUT2D eigenvalue weighted by molar-refractivity contribution is 6.31. The van der Waals surface area contributed by atoms with E-state index in [0.29, 0.717) is 17.2 Å². The summed E-state index contributed by atoms with van der Waals surface area (Å²) in [5.41, 5.74) is 6.83. The molecule has 0 atom stereocenters. The summed E-state index contributed by atoms with van der Waals surface area (Å²) < 4.78 is 1.74. The normalized spacial score (nSPS) is 11.0. The molecule has 0 radical (unpaired) electrons. The number of imidazole rings is 1. The van der Waals surface area contributed by atoms with Gasteiger partial charge in [-0.2, -0.15) is 4.98 Å². The summed E-state index contributed by atoms with van der Waals surface area (Å²) in [7, 11) is 0. The fourth-order valence-corrected chi connectivity index (χ4v) is 2.09. The van der Waals surface area contributed by atoms with Crippen LogP contribution >= 0.6 is 11.6 Å². The van der Waals surface area contributed by atoms with Crippen LogP contribution in [-0.4, -0.2) is 19.5 Å². The van der Waals surface area contributed by atoms with Gasteiger partial charge >= 0.3 is 0 Å². The lowest BCUT2D eigenvalue weighted by Crippen LogP contribution is -2.12. The van der Waals surface area contributed by atoms with E-state index in [1.165, 1.54) is 0 Å². The SMILES string of the molecule is Nc1nc2c(ncn2Cc2ccccc2Cl)c(=O)[nH]1. The molecular weight excluding hydrogens is 266 g/mol. The van der Waals surface area contributed by atoms with Crippen LogP contribution in [0.2, 0.25) is 5.02 Å². The van der Waals surface area contributed by atoms with Gasteiger partial charge in [0.2, 0.25) is 5.95 Å². The molecule has 0 saturated carbocycles. The molecule has 2 aromatic heterocycles. The molecule has 0 bridgehead atoms. The van der Waals surface area contributed by atoms with Crippen LogP contribution in [-0.2, 0) is 6.54 Å². The van der Waals surface area contributed by atoms with Crippen molar-refractivity contribution in [2.75, 3.05) is 5.73 Å². The van der Waals surface area contributed by atoms with E-state index in [4.69, 9.17) is 17.3 Å². The van der Waals surface area contributed by atoms with Crippen LogP contribution in [0.3, 0.4) is 0 Å². The lowest BCUT2D eigenvalue weighted by molar-refractivity contribution is 0.814. The molecule has 0 amide bonds. The van der Waals surface area contributed by atoms with Crippen molar-refractivity contribution in [2.24, 2.45) is 0 Å². The molecule has 0 fully saturated rings. The Kier molecular flexibility index (Phi) is 2.72. The van der Waals surface area contributed by atoms with Crippen LogP contribution in [0.5, 0.6) is 0 Å². The van der Waals surface area contributed by atoms with E-state index < -0.39 is 0 Å². The maximum Gasteiger partial charge on any atom is 0.280 e. The van der Waals surface area contributed by atoms with Gasteiger partial charge in [-0.3, -0.25) is 9.78 Å². The van der Waals surface area contributed by atoms with Gasteiger partial charge in [-0.25, -0.2) is 4.98 Å². The third-order valence-electron chi connectivity index (χ3n) is 2.79. The van der Waals surface area contributed by atoms with E-state index in [2.05, 4.69) is 15.0 Å². The number of aromatic amines is 1. The fourth-order valence-electron chi connectivity index (χ4n) is 1.90. The Morgan fingerprint density at radius 3 is 2.95 bits per heavy atom. The van der Waals surface area contributed by atoms with Gasteiger partial charge in [-0.1, -0.05) is 29.8 Å². The van der Waals surface area contributed by atoms with Crippen molar-refractivity contribution in [1.82, 2.24) is 19.5 Å². The molecular formula is C12H10ClN5O. The summed E-state index contributed by atoms with van der Waals surface area (Å²) >= 11 is 6.11. The summed E-state index contributed by atoms with van der Waals surface area (Å²) in [6.07, 6.45) is 1.55. The molecule has 96 valence electrons. The van der Waals surface area contributed by atoms with Gasteiger partial charge in [0, 0.05) is 5.02 Å². The van der Waals surface area contributed by atoms with Crippen LogP contribution in [0.15, 0.2) is 35.4 Å². The average Bonchev–Trinajstić information content (AvgIpc) is 2.76. The fraction of sp³-hybridized carbons (Fsp3) is 0.0833. The van der Waals surface area contributed by atoms with Crippen molar-refractivity contribution in [3.05, 3.63) is 51.5 Å². The monoisotopic (exact) mass is 275 g/mol. The Labute approximate surface area is 112 Å². The maximum atomic E-state index is 11.7. The van der Waals surface area contributed by atoms with Gasteiger partial charge in [0.25, 0.3) is 5.56 Å². The number of aromatic nitrogens is 4. The molecule has 19 heavy (non-hydrogen) atoms. The highest BCUT2D eigenvalue weighted by atomic mass is 35.5. The van der Waals surface area contributed by atoms with Crippen molar-refractivity contribution in [1.29, 1.82) is 0 Å². The number of nitrogens with one attached hydrogen (secondary N) is 1. The van der Waals surface area contributed by atoms with Crippen LogP contribution in [0.1, 0.15) is 5.56 Å². The standard InChI is InChI=1S/C12H10ClN5O/c13-8-4-2-1-3-7(8)5-18-6-15-9-10(18)16-12(14)17-11(9)19/h1-4,6H,5H2,(H3,14,16,17,19). The van der Waals surface area contributed by atoms with Crippen LogP contribution in [0.4, 0.5) is 5.95 Å². The number of H-pyrrole nitrogens is 1. The molecule has 0 unspecified atom stereocenters. The number of hydrogen-bond acceptors (Lipinski definition) is 4. The summed E-state index contributed by atoms with van der Waals surface area (Å²) in [6, 6.07) is 7.48. The number of nitrogens with zero attached hydrogens (tertiary/aromatic N) is 3. The minimum Gasteiger partial charge on any atom is -0.369 e. The molecule has 0 aliphatic rings. The van der Waals surface area contributed by atoms with Crippen LogP contribution in [0, 0.1) is 0 Å². The first-order chi connectivity index (χ1) is 9.15. The quantitative estimate of drug-likeness (QED) is 0.740. The van der Waals surface area contributed by atoms with E-state index in [1.54, 1.807) is 10.9 Å². The van der Waals surface area contributed by atoms with Crippen LogP contribution in [0.25, 0.3) is 11.2 Å². The minimum atomic E-state index is -0.347. The van der Waals surface area contributed by atoms with Gasteiger partial charge in [0.15, 0.2) is 11.2 Å². The number of rotatable bonds is 2. The Hall–Kier alpha value is -2.34. The zero-order chi connectivity index (χ0) is 13.4. The van der Waals surface area contributed by atoms with E-state index in [0.717, 1.165) is 5.56 Å². The van der Waals surface area contributed by atoms with Crippen molar-refractivity contribution in [3.8, 4) is 0 Å². The van der Waals surface area contributed by atoms with Gasteiger partial charge < -0.3 is 10.3 Å². The van der Waals surface area contributed by atoms with Gasteiger partial charge in [-0.05, 0) is 11.6 Å². The number of nitrogen functional groups attached to an aromatic ring is 1. The topological polar surface area (TPSA) is 89.6 Å². The van der Waals surface area contributed by atoms with Gasteiger partial charge in [0.05, 0.1) is 12.9 Å². The Balaban J connectivity index is 2.12. The Morgan fingerprint density at radius 2 is 2.16 bits per heavy atom. The Bertz CT molecular complexity index is 807. The third kappa shape index (κ3) is 2.06. The smallest absolute Gasteiger partial charge is 0.280 e. The first-order valence-electron chi connectivity index (χ1n) is 5.59. The molecule has 3 rings (SSSR count). The number of fused-ring (bicyclic) bond motifs is 1. The lowest BCUT2D eigenvalue weighted by Gasteiger charge is -2.05. The van der Waals surface area contributed by atoms with E-state index in [1.807, 2.05) is 24.3 Å².